The summed E-state index contributed by atoms with van der Waals surface area (Å²) in [6.07, 6.45) is 3.39. The van der Waals surface area contributed by atoms with Crippen molar-refractivity contribution in [2.24, 2.45) is 5.92 Å². The number of piperidine rings is 1. The molecule has 0 saturated carbocycles. The maximum atomic E-state index is 12.3. The van der Waals surface area contributed by atoms with Crippen LogP contribution < -0.4 is 0 Å². The van der Waals surface area contributed by atoms with E-state index in [0.717, 1.165) is 37.6 Å². The third kappa shape index (κ3) is 5.23. The molecule has 1 aliphatic heterocycles. The highest BCUT2D eigenvalue weighted by molar-refractivity contribution is 7.03. The van der Waals surface area contributed by atoms with Crippen LogP contribution in [0.5, 0.6) is 0 Å². The van der Waals surface area contributed by atoms with Gasteiger partial charge in [-0.3, -0.25) is 4.79 Å². The van der Waals surface area contributed by atoms with E-state index in [9.17, 15) is 4.79 Å². The van der Waals surface area contributed by atoms with E-state index in [0.29, 0.717) is 11.6 Å². The maximum Gasteiger partial charge on any atom is 0.275 e. The zero-order chi connectivity index (χ0) is 17.6. The molecule has 1 fully saturated rings. The molecule has 0 spiro atoms. The first-order valence-electron chi connectivity index (χ1n) is 8.61. The summed E-state index contributed by atoms with van der Waals surface area (Å²) in [6, 6.07) is 8.09. The van der Waals surface area contributed by atoms with Gasteiger partial charge in [0.2, 0.25) is 0 Å². The van der Waals surface area contributed by atoms with Crippen molar-refractivity contribution in [3.8, 4) is 0 Å². The minimum atomic E-state index is -0.0352. The van der Waals surface area contributed by atoms with Crippen molar-refractivity contribution < 1.29 is 4.79 Å². The van der Waals surface area contributed by atoms with Crippen molar-refractivity contribution in [2.75, 3.05) is 33.2 Å². The lowest BCUT2D eigenvalue weighted by molar-refractivity contribution is 0.0725. The molecule has 0 bridgehead atoms. The second-order valence-corrected chi connectivity index (χ2v) is 7.71. The van der Waals surface area contributed by atoms with E-state index < -0.39 is 0 Å². The lowest BCUT2D eigenvalue weighted by Gasteiger charge is -2.34. The largest absolute Gasteiger partial charge is 0.340 e. The van der Waals surface area contributed by atoms with Gasteiger partial charge in [-0.2, -0.15) is 0 Å². The summed E-state index contributed by atoms with van der Waals surface area (Å²) in [4.78, 5) is 16.6. The van der Waals surface area contributed by atoms with Gasteiger partial charge in [0.15, 0.2) is 5.69 Å². The number of aromatic nitrogens is 2. The third-order valence-corrected chi connectivity index (χ3v) is 5.45. The molecule has 2 heterocycles. The number of halogens is 1. The number of benzene rings is 1. The Kier molecular flexibility index (Phi) is 6.39. The molecule has 1 aromatic carbocycles. The SMILES string of the molecule is CN(CC1CCCN(CCc2ccc(Cl)cc2)C1)C(=O)c1csnn1. The van der Waals surface area contributed by atoms with E-state index in [2.05, 4.69) is 26.6 Å². The molecule has 0 aliphatic carbocycles. The smallest absolute Gasteiger partial charge is 0.275 e. The van der Waals surface area contributed by atoms with Crippen LogP contribution in [0.2, 0.25) is 5.02 Å². The van der Waals surface area contributed by atoms with Gasteiger partial charge in [0.25, 0.3) is 5.91 Å². The summed E-state index contributed by atoms with van der Waals surface area (Å²) < 4.78 is 3.77. The van der Waals surface area contributed by atoms with Crippen LogP contribution in [0.3, 0.4) is 0 Å². The Labute approximate surface area is 157 Å². The highest BCUT2D eigenvalue weighted by Crippen LogP contribution is 2.19. The molecule has 25 heavy (non-hydrogen) atoms. The average Bonchev–Trinajstić information content (AvgIpc) is 3.15. The molecule has 1 atom stereocenters. The number of hydrogen-bond acceptors (Lipinski definition) is 5. The second kappa shape index (κ2) is 8.74. The summed E-state index contributed by atoms with van der Waals surface area (Å²) in [5, 5.41) is 6.36. The van der Waals surface area contributed by atoms with Crippen LogP contribution in [0, 0.1) is 5.92 Å². The van der Waals surface area contributed by atoms with Crippen molar-refractivity contribution in [3.63, 3.8) is 0 Å². The first-order valence-corrected chi connectivity index (χ1v) is 9.82. The Bertz CT molecular complexity index is 677. The van der Waals surface area contributed by atoms with E-state index in [1.165, 1.54) is 29.9 Å². The standard InChI is InChI=1S/C18H23ClN4OS/c1-22(18(24)17-13-25-21-20-17)11-15-3-2-9-23(12-15)10-8-14-4-6-16(19)7-5-14/h4-7,13,15H,2-3,8-12H2,1H3. The van der Waals surface area contributed by atoms with E-state index in [4.69, 9.17) is 11.6 Å². The summed E-state index contributed by atoms with van der Waals surface area (Å²) in [5.41, 5.74) is 1.76. The molecule has 0 radical (unpaired) electrons. The monoisotopic (exact) mass is 378 g/mol. The van der Waals surface area contributed by atoms with Gasteiger partial charge in [0.1, 0.15) is 0 Å². The highest BCUT2D eigenvalue weighted by atomic mass is 35.5. The predicted octanol–water partition coefficient (Wildman–Crippen LogP) is 3.22. The van der Waals surface area contributed by atoms with Gasteiger partial charge in [0.05, 0.1) is 0 Å². The number of rotatable bonds is 6. The number of amides is 1. The fraction of sp³-hybridized carbons (Fsp3) is 0.500. The first-order chi connectivity index (χ1) is 12.1. The number of carbonyl (C=O) groups excluding carboxylic acids is 1. The van der Waals surface area contributed by atoms with Crippen molar-refractivity contribution in [2.45, 2.75) is 19.3 Å². The molecule has 0 N–H and O–H groups in total. The molecule has 1 aliphatic rings. The van der Waals surface area contributed by atoms with Gasteiger partial charge >= 0.3 is 0 Å². The zero-order valence-corrected chi connectivity index (χ0v) is 16.0. The van der Waals surface area contributed by atoms with Crippen LogP contribution in [0.4, 0.5) is 0 Å². The first kappa shape index (κ1) is 18.3. The number of carbonyl (C=O) groups is 1. The minimum absolute atomic E-state index is 0.0352. The molecule has 1 unspecified atom stereocenters. The van der Waals surface area contributed by atoms with Crippen LogP contribution >= 0.6 is 23.1 Å². The topological polar surface area (TPSA) is 49.3 Å². The predicted molar refractivity (Wildman–Crippen MR) is 101 cm³/mol. The molecule has 5 nitrogen and oxygen atoms in total. The van der Waals surface area contributed by atoms with Crippen molar-refractivity contribution in [1.82, 2.24) is 19.4 Å². The molecule has 1 amide bonds. The second-order valence-electron chi connectivity index (χ2n) is 6.66. The summed E-state index contributed by atoms with van der Waals surface area (Å²) in [5.74, 6) is 0.478. The van der Waals surface area contributed by atoms with Gasteiger partial charge < -0.3 is 9.80 Å². The molecule has 7 heteroatoms. The fourth-order valence-electron chi connectivity index (χ4n) is 3.37. The Balaban J connectivity index is 1.47. The number of likely N-dealkylation sites (tertiary alicyclic amines) is 1. The van der Waals surface area contributed by atoms with Crippen LogP contribution in [0.25, 0.3) is 0 Å². The van der Waals surface area contributed by atoms with Crippen molar-refractivity contribution in [3.05, 3.63) is 45.9 Å². The lowest BCUT2D eigenvalue weighted by atomic mass is 9.97. The summed E-state index contributed by atoms with van der Waals surface area (Å²) in [7, 11) is 1.86. The Morgan fingerprint density at radius 1 is 1.40 bits per heavy atom. The third-order valence-electron chi connectivity index (χ3n) is 4.69. The Hall–Kier alpha value is -1.50. The van der Waals surface area contributed by atoms with Crippen molar-refractivity contribution in [1.29, 1.82) is 0 Å². The molecule has 1 saturated heterocycles. The Morgan fingerprint density at radius 3 is 2.92 bits per heavy atom. The number of nitrogens with zero attached hydrogens (tertiary/aromatic N) is 4. The van der Waals surface area contributed by atoms with Crippen LogP contribution in [0.15, 0.2) is 29.6 Å². The molecule has 1 aromatic heterocycles. The van der Waals surface area contributed by atoms with E-state index in [1.807, 2.05) is 19.2 Å². The number of hydrogen-bond donors (Lipinski definition) is 0. The maximum absolute atomic E-state index is 12.3. The van der Waals surface area contributed by atoms with E-state index in [1.54, 1.807) is 10.3 Å². The van der Waals surface area contributed by atoms with Crippen LogP contribution in [-0.2, 0) is 6.42 Å². The zero-order valence-electron chi connectivity index (χ0n) is 14.4. The van der Waals surface area contributed by atoms with E-state index >= 15 is 0 Å². The summed E-state index contributed by atoms with van der Waals surface area (Å²) >= 11 is 7.15. The molecule has 3 rings (SSSR count). The van der Waals surface area contributed by atoms with Gasteiger partial charge in [-0.1, -0.05) is 28.2 Å². The Morgan fingerprint density at radius 2 is 2.20 bits per heavy atom. The van der Waals surface area contributed by atoms with Crippen molar-refractivity contribution >= 4 is 29.0 Å². The summed E-state index contributed by atoms with van der Waals surface area (Å²) in [6.45, 7) is 4.00. The fourth-order valence-corrected chi connectivity index (χ4v) is 3.92. The van der Waals surface area contributed by atoms with Crippen LogP contribution in [0.1, 0.15) is 28.9 Å². The van der Waals surface area contributed by atoms with Gasteiger partial charge in [-0.25, -0.2) is 0 Å². The molecular weight excluding hydrogens is 356 g/mol. The molecule has 134 valence electrons. The van der Waals surface area contributed by atoms with Gasteiger partial charge in [-0.15, -0.1) is 5.10 Å². The van der Waals surface area contributed by atoms with Crippen LogP contribution in [-0.4, -0.2) is 58.5 Å². The van der Waals surface area contributed by atoms with Gasteiger partial charge in [-0.05, 0) is 61.0 Å². The average molecular weight is 379 g/mol. The lowest BCUT2D eigenvalue weighted by Crippen LogP contribution is -2.42. The highest BCUT2D eigenvalue weighted by Gasteiger charge is 2.23. The molecule has 2 aromatic rings. The minimum Gasteiger partial charge on any atom is -0.340 e. The normalized spacial score (nSPS) is 18.2. The van der Waals surface area contributed by atoms with Gasteiger partial charge in [0, 0.05) is 37.1 Å². The van der Waals surface area contributed by atoms with E-state index in [-0.39, 0.29) is 5.91 Å². The molecular formula is C18H23ClN4OS. The quantitative estimate of drug-likeness (QED) is 0.774.